The summed E-state index contributed by atoms with van der Waals surface area (Å²) in [6.45, 7) is 10.9. The van der Waals surface area contributed by atoms with Crippen molar-refractivity contribution in [2.75, 3.05) is 13.1 Å². The van der Waals surface area contributed by atoms with Crippen molar-refractivity contribution in [2.24, 2.45) is 0 Å². The Balaban J connectivity index is 2.05. The van der Waals surface area contributed by atoms with Crippen LogP contribution in [0.1, 0.15) is 64.2 Å². The fourth-order valence-electron chi connectivity index (χ4n) is 3.25. The van der Waals surface area contributed by atoms with E-state index in [1.807, 2.05) is 4.52 Å². The number of fused-ring (bicyclic) bond motifs is 1. The van der Waals surface area contributed by atoms with Crippen LogP contribution in [0, 0.1) is 0 Å². The number of aromatic nitrogens is 4. The summed E-state index contributed by atoms with van der Waals surface area (Å²) in [6, 6.07) is 0. The first-order chi connectivity index (χ1) is 9.96. The first-order valence-electron chi connectivity index (χ1n) is 7.90. The van der Waals surface area contributed by atoms with Crippen LogP contribution in [0.4, 0.5) is 0 Å². The number of nitrogens with zero attached hydrogens (tertiary/aromatic N) is 4. The van der Waals surface area contributed by atoms with Crippen LogP contribution < -0.4 is 5.32 Å². The predicted molar refractivity (Wildman–Crippen MR) is 86.0 cm³/mol. The molecule has 0 bridgehead atoms. The van der Waals surface area contributed by atoms with Crippen molar-refractivity contribution < 1.29 is 0 Å². The molecule has 2 aromatic heterocycles. The van der Waals surface area contributed by atoms with Crippen molar-refractivity contribution >= 4 is 16.3 Å². The molecule has 0 aromatic carbocycles. The van der Waals surface area contributed by atoms with Crippen molar-refractivity contribution in [3.05, 3.63) is 10.8 Å². The van der Waals surface area contributed by atoms with Gasteiger partial charge in [-0.2, -0.15) is 9.61 Å². The third-order valence-electron chi connectivity index (χ3n) is 4.32. The lowest BCUT2D eigenvalue weighted by Gasteiger charge is -2.35. The monoisotopic (exact) mass is 307 g/mol. The Hall–Kier alpha value is -1.01. The standard InChI is InChI=1S/C15H25N5S/c1-5-7-15(8-6-9-16-10-15)12-19-20-11(14(2,3)4)17-18-13(20)21-12/h16H,5-10H2,1-4H3. The lowest BCUT2D eigenvalue weighted by Crippen LogP contribution is -2.43. The molecule has 3 rings (SSSR count). The summed E-state index contributed by atoms with van der Waals surface area (Å²) in [5.41, 5.74) is 0.154. The van der Waals surface area contributed by atoms with E-state index in [1.54, 1.807) is 11.3 Å². The third-order valence-corrected chi connectivity index (χ3v) is 5.46. The molecule has 0 amide bonds. The summed E-state index contributed by atoms with van der Waals surface area (Å²) >= 11 is 1.72. The highest BCUT2D eigenvalue weighted by atomic mass is 32.1. The van der Waals surface area contributed by atoms with Crippen molar-refractivity contribution in [2.45, 2.75) is 64.2 Å². The van der Waals surface area contributed by atoms with Gasteiger partial charge >= 0.3 is 0 Å². The molecule has 0 aliphatic carbocycles. The zero-order valence-corrected chi connectivity index (χ0v) is 14.3. The Bertz CT molecular complexity index is 610. The second-order valence-corrected chi connectivity index (χ2v) is 8.14. The van der Waals surface area contributed by atoms with Gasteiger partial charge in [-0.3, -0.25) is 0 Å². The van der Waals surface area contributed by atoms with Gasteiger partial charge in [0.05, 0.1) is 0 Å². The SMILES string of the molecule is CCCC1(c2nn3c(C(C)(C)C)nnc3s2)CCCNC1. The Kier molecular flexibility index (Phi) is 3.78. The molecule has 1 aliphatic rings. The quantitative estimate of drug-likeness (QED) is 0.947. The number of hydrogen-bond acceptors (Lipinski definition) is 5. The van der Waals surface area contributed by atoms with E-state index in [-0.39, 0.29) is 10.8 Å². The van der Waals surface area contributed by atoms with Gasteiger partial charge in [-0.1, -0.05) is 45.5 Å². The lowest BCUT2D eigenvalue weighted by atomic mass is 9.77. The number of hydrogen-bond donors (Lipinski definition) is 1. The summed E-state index contributed by atoms with van der Waals surface area (Å²) in [5.74, 6) is 0.954. The van der Waals surface area contributed by atoms with Crippen LogP contribution in [0.3, 0.4) is 0 Å². The highest BCUT2D eigenvalue weighted by molar-refractivity contribution is 7.16. The van der Waals surface area contributed by atoms with Crippen LogP contribution in [-0.4, -0.2) is 32.9 Å². The van der Waals surface area contributed by atoms with Crippen LogP contribution in [0.25, 0.3) is 4.96 Å². The maximum atomic E-state index is 4.92. The van der Waals surface area contributed by atoms with Crippen molar-refractivity contribution in [3.8, 4) is 0 Å². The molecule has 116 valence electrons. The number of rotatable bonds is 3. The molecule has 6 heteroatoms. The molecule has 1 atom stereocenters. The van der Waals surface area contributed by atoms with Crippen LogP contribution in [-0.2, 0) is 10.8 Å². The Labute approximate surface area is 130 Å². The average Bonchev–Trinajstić information content (AvgIpc) is 2.98. The smallest absolute Gasteiger partial charge is 0.234 e. The minimum absolute atomic E-state index is 0.0342. The molecule has 0 radical (unpaired) electrons. The van der Waals surface area contributed by atoms with Gasteiger partial charge in [0.2, 0.25) is 4.96 Å². The summed E-state index contributed by atoms with van der Waals surface area (Å²) in [6.07, 6.45) is 4.83. The van der Waals surface area contributed by atoms with Gasteiger partial charge in [-0.15, -0.1) is 10.2 Å². The highest BCUT2D eigenvalue weighted by Gasteiger charge is 2.37. The maximum Gasteiger partial charge on any atom is 0.234 e. The van der Waals surface area contributed by atoms with Gasteiger partial charge in [0.25, 0.3) is 0 Å². The third kappa shape index (κ3) is 2.59. The summed E-state index contributed by atoms with van der Waals surface area (Å²) in [5, 5.41) is 18.4. The molecule has 1 unspecified atom stereocenters. The first-order valence-corrected chi connectivity index (χ1v) is 8.72. The molecule has 0 saturated carbocycles. The van der Waals surface area contributed by atoms with Crippen molar-refractivity contribution in [3.63, 3.8) is 0 Å². The van der Waals surface area contributed by atoms with E-state index in [1.165, 1.54) is 30.7 Å². The average molecular weight is 307 g/mol. The second kappa shape index (κ2) is 5.32. The topological polar surface area (TPSA) is 55.1 Å². The Morgan fingerprint density at radius 1 is 1.33 bits per heavy atom. The van der Waals surface area contributed by atoms with E-state index in [4.69, 9.17) is 5.10 Å². The molecular formula is C15H25N5S. The summed E-state index contributed by atoms with van der Waals surface area (Å²) < 4.78 is 1.96. The molecule has 0 spiro atoms. The molecule has 5 nitrogen and oxygen atoms in total. The molecule has 1 aliphatic heterocycles. The van der Waals surface area contributed by atoms with Gasteiger partial charge < -0.3 is 5.32 Å². The second-order valence-electron chi connectivity index (χ2n) is 7.19. The van der Waals surface area contributed by atoms with E-state index in [2.05, 4.69) is 43.2 Å². The summed E-state index contributed by atoms with van der Waals surface area (Å²) in [4.78, 5) is 0.927. The fraction of sp³-hybridized carbons (Fsp3) is 0.800. The van der Waals surface area contributed by atoms with Crippen molar-refractivity contribution in [1.82, 2.24) is 25.1 Å². The molecular weight excluding hydrogens is 282 g/mol. The summed E-state index contributed by atoms with van der Waals surface area (Å²) in [7, 11) is 0. The Morgan fingerprint density at radius 2 is 2.14 bits per heavy atom. The first kappa shape index (κ1) is 14.9. The van der Waals surface area contributed by atoms with E-state index in [0.717, 1.165) is 23.9 Å². The molecule has 1 saturated heterocycles. The van der Waals surface area contributed by atoms with Crippen LogP contribution in [0.5, 0.6) is 0 Å². The molecule has 1 N–H and O–H groups in total. The normalized spacial score (nSPS) is 23.8. The van der Waals surface area contributed by atoms with Gasteiger partial charge in [0.15, 0.2) is 5.82 Å². The molecule has 1 fully saturated rings. The van der Waals surface area contributed by atoms with Gasteiger partial charge in [0, 0.05) is 17.4 Å². The Morgan fingerprint density at radius 3 is 2.76 bits per heavy atom. The molecule has 21 heavy (non-hydrogen) atoms. The van der Waals surface area contributed by atoms with Crippen LogP contribution in [0.2, 0.25) is 0 Å². The number of piperidine rings is 1. The fourth-order valence-corrected chi connectivity index (χ4v) is 4.33. The van der Waals surface area contributed by atoms with E-state index in [0.29, 0.717) is 0 Å². The zero-order chi connectivity index (χ0) is 15.1. The van der Waals surface area contributed by atoms with Crippen LogP contribution in [0.15, 0.2) is 0 Å². The lowest BCUT2D eigenvalue weighted by molar-refractivity contribution is 0.287. The van der Waals surface area contributed by atoms with Gasteiger partial charge in [-0.25, -0.2) is 0 Å². The van der Waals surface area contributed by atoms with Crippen LogP contribution >= 0.6 is 11.3 Å². The van der Waals surface area contributed by atoms with E-state index in [9.17, 15) is 0 Å². The maximum absolute atomic E-state index is 4.92. The molecule has 3 heterocycles. The van der Waals surface area contributed by atoms with E-state index < -0.39 is 0 Å². The van der Waals surface area contributed by atoms with Gasteiger partial charge in [-0.05, 0) is 25.8 Å². The minimum Gasteiger partial charge on any atom is -0.316 e. The zero-order valence-electron chi connectivity index (χ0n) is 13.4. The van der Waals surface area contributed by atoms with Gasteiger partial charge in [0.1, 0.15) is 5.01 Å². The van der Waals surface area contributed by atoms with E-state index >= 15 is 0 Å². The molecule has 2 aromatic rings. The number of nitrogens with one attached hydrogen (secondary N) is 1. The van der Waals surface area contributed by atoms with Crippen molar-refractivity contribution in [1.29, 1.82) is 0 Å². The predicted octanol–water partition coefficient (Wildman–Crippen LogP) is 2.90. The highest BCUT2D eigenvalue weighted by Crippen LogP contribution is 2.38. The largest absolute Gasteiger partial charge is 0.316 e. The minimum atomic E-state index is -0.0342.